The number of nitrogens with zero attached hydrogens (tertiary/aromatic N) is 2. The van der Waals surface area contributed by atoms with Crippen molar-refractivity contribution in [1.82, 2.24) is 0 Å². The molecule has 4 nitrogen and oxygen atoms in total. The summed E-state index contributed by atoms with van der Waals surface area (Å²) in [7, 11) is -1.94. The molecule has 0 saturated heterocycles. The zero-order valence-electron chi connectivity index (χ0n) is 7.35. The molecule has 0 bridgehead atoms. The molecule has 0 N–H and O–H groups in total. The number of benzene rings is 1. The Balaban J connectivity index is 0.00000169. The van der Waals surface area contributed by atoms with E-state index in [9.17, 15) is 4.57 Å². The second-order valence-electron chi connectivity index (χ2n) is 2.27. The molecule has 1 aromatic rings. The van der Waals surface area contributed by atoms with Crippen LogP contribution in [0.2, 0.25) is 0 Å². The second-order valence-corrected chi connectivity index (χ2v) is 4.45. The van der Waals surface area contributed by atoms with Crippen molar-refractivity contribution in [2.24, 2.45) is 0 Å². The minimum Gasteiger partial charge on any atom is -0.407 e. The monoisotopic (exact) mass is 302 g/mol. The molecule has 0 aliphatic rings. The van der Waals surface area contributed by atoms with Crippen molar-refractivity contribution < 1.29 is 36.3 Å². The van der Waals surface area contributed by atoms with E-state index in [-0.39, 0.29) is 22.4 Å². The van der Waals surface area contributed by atoms with Crippen LogP contribution >= 0.6 is 7.37 Å². The van der Waals surface area contributed by atoms with Gasteiger partial charge >= 0.3 is 22.4 Å². The van der Waals surface area contributed by atoms with Gasteiger partial charge < -0.3 is 19.4 Å². The van der Waals surface area contributed by atoms with E-state index in [4.69, 9.17) is 10.1 Å². The normalized spacial score (nSPS) is 13.2. The van der Waals surface area contributed by atoms with Gasteiger partial charge in [0.2, 0.25) is 0 Å². The molecule has 78 valence electrons. The summed E-state index contributed by atoms with van der Waals surface area (Å²) in [5, 5.41) is 0.454. The van der Waals surface area contributed by atoms with Gasteiger partial charge in [-0.1, -0.05) is 30.3 Å². The molecule has 0 aliphatic carbocycles. The fourth-order valence-electron chi connectivity index (χ4n) is 0.887. The van der Waals surface area contributed by atoms with Crippen molar-refractivity contribution in [2.75, 3.05) is 7.11 Å². The molecule has 1 unspecified atom stereocenters. The Labute approximate surface area is 97.9 Å². The fourth-order valence-corrected chi connectivity index (χ4v) is 1.98. The van der Waals surface area contributed by atoms with Gasteiger partial charge in [-0.3, -0.25) is 0 Å². The molecule has 0 aliphatic heterocycles. The SMILES string of the molecule is COP(=O)([C-]=[N+]=[N-])c1ccccc1.[Ag+]. The number of hydrogen-bond donors (Lipinski definition) is 0. The summed E-state index contributed by atoms with van der Waals surface area (Å²) < 4.78 is 16.6. The molecule has 0 spiro atoms. The summed E-state index contributed by atoms with van der Waals surface area (Å²) in [6.45, 7) is 0. The van der Waals surface area contributed by atoms with E-state index in [0.29, 0.717) is 5.30 Å². The molecule has 6 heteroatoms. The molecule has 0 amide bonds. The first-order valence-corrected chi connectivity index (χ1v) is 5.18. The molecule has 0 heterocycles. The van der Waals surface area contributed by atoms with E-state index in [1.807, 2.05) is 5.96 Å². The van der Waals surface area contributed by atoms with E-state index < -0.39 is 7.37 Å². The van der Waals surface area contributed by atoms with E-state index in [1.165, 1.54) is 7.11 Å². The van der Waals surface area contributed by atoms with Gasteiger partial charge in [0, 0.05) is 18.4 Å². The topological polar surface area (TPSA) is 62.7 Å². The molecule has 0 saturated carbocycles. The van der Waals surface area contributed by atoms with Crippen LogP contribution < -0.4 is 5.30 Å². The number of rotatable bonds is 3. The molecule has 1 rings (SSSR count). The molecular weight excluding hydrogens is 295 g/mol. The van der Waals surface area contributed by atoms with Crippen molar-refractivity contribution in [3.63, 3.8) is 0 Å². The minimum atomic E-state index is -3.22. The predicted molar refractivity (Wildman–Crippen MR) is 49.3 cm³/mol. The molecule has 0 radical (unpaired) electrons. The van der Waals surface area contributed by atoms with Gasteiger partial charge in [-0.25, -0.2) is 0 Å². The van der Waals surface area contributed by atoms with Crippen LogP contribution in [0.5, 0.6) is 0 Å². The van der Waals surface area contributed by atoms with E-state index in [0.717, 1.165) is 0 Å². The third-order valence-corrected chi connectivity index (χ3v) is 3.37. The van der Waals surface area contributed by atoms with Crippen LogP contribution in [-0.2, 0) is 31.5 Å². The first kappa shape index (κ1) is 13.5. The quantitative estimate of drug-likeness (QED) is 0.211. The Bertz CT molecular complexity index is 376. The van der Waals surface area contributed by atoms with Gasteiger partial charge in [-0.2, -0.15) is 0 Å². The van der Waals surface area contributed by atoms with Gasteiger partial charge in [0.1, 0.15) is 0 Å². The van der Waals surface area contributed by atoms with Gasteiger partial charge in [0.25, 0.3) is 0 Å². The second kappa shape index (κ2) is 6.10. The molecular formula is C8H8AgN2O2P. The van der Waals surface area contributed by atoms with Gasteiger partial charge in [0.05, 0.1) is 0 Å². The summed E-state index contributed by atoms with van der Waals surface area (Å²) in [6.07, 6.45) is 0. The summed E-state index contributed by atoms with van der Waals surface area (Å²) in [4.78, 5) is 2.62. The summed E-state index contributed by atoms with van der Waals surface area (Å²) in [5.74, 6) is 2.04. The van der Waals surface area contributed by atoms with Crippen LogP contribution in [0.3, 0.4) is 0 Å². The van der Waals surface area contributed by atoms with Gasteiger partial charge in [0.15, 0.2) is 7.37 Å². The zero-order valence-corrected chi connectivity index (χ0v) is 9.72. The first-order valence-electron chi connectivity index (χ1n) is 3.55. The van der Waals surface area contributed by atoms with Gasteiger partial charge in [-0.05, 0) is 0 Å². The molecule has 0 aromatic heterocycles. The fraction of sp³-hybridized carbons (Fsp3) is 0.125. The van der Waals surface area contributed by atoms with Crippen LogP contribution in [0.15, 0.2) is 30.3 Å². The third-order valence-electron chi connectivity index (χ3n) is 1.53. The van der Waals surface area contributed by atoms with Crippen molar-refractivity contribution in [3.8, 4) is 0 Å². The minimum absolute atomic E-state index is 0. The van der Waals surface area contributed by atoms with E-state index in [2.05, 4.69) is 4.79 Å². The van der Waals surface area contributed by atoms with Crippen molar-refractivity contribution in [2.45, 2.75) is 0 Å². The standard InChI is InChI=1S/C8H8N2O2P.Ag/c1-12-13(11,7-10-9)8-5-3-2-4-6-8;/h2-6H,1H3;/q-1;+1. The summed E-state index contributed by atoms with van der Waals surface area (Å²) in [6, 6.07) is 8.49. The third kappa shape index (κ3) is 3.03. The van der Waals surface area contributed by atoms with Gasteiger partial charge in [-0.15, -0.1) is 0 Å². The van der Waals surface area contributed by atoms with E-state index in [1.54, 1.807) is 30.3 Å². The predicted octanol–water partition coefficient (Wildman–Crippen LogP) is 1.37. The van der Waals surface area contributed by atoms with Crippen LogP contribution in [0.1, 0.15) is 0 Å². The Hall–Kier alpha value is -0.470. The molecule has 1 aromatic carbocycles. The van der Waals surface area contributed by atoms with Crippen LogP contribution in [0.25, 0.3) is 5.53 Å². The van der Waals surface area contributed by atoms with Crippen molar-refractivity contribution in [3.05, 3.63) is 35.9 Å². The van der Waals surface area contributed by atoms with Crippen LogP contribution in [-0.4, -0.2) is 17.9 Å². The van der Waals surface area contributed by atoms with E-state index >= 15 is 0 Å². The van der Waals surface area contributed by atoms with Crippen LogP contribution in [0.4, 0.5) is 0 Å². The number of hydrogen-bond acceptors (Lipinski definition) is 2. The Morgan fingerprint density at radius 3 is 2.43 bits per heavy atom. The Morgan fingerprint density at radius 1 is 1.43 bits per heavy atom. The summed E-state index contributed by atoms with van der Waals surface area (Å²) in [5.41, 5.74) is 8.26. The maximum atomic E-state index is 11.8. The van der Waals surface area contributed by atoms with Crippen molar-refractivity contribution in [1.29, 1.82) is 0 Å². The molecule has 1 atom stereocenters. The van der Waals surface area contributed by atoms with Crippen LogP contribution in [0, 0.1) is 0 Å². The average Bonchev–Trinajstić information content (AvgIpc) is 2.19. The van der Waals surface area contributed by atoms with Crippen molar-refractivity contribution >= 4 is 18.6 Å². The maximum Gasteiger partial charge on any atom is 1.00 e. The first-order chi connectivity index (χ1) is 6.23. The molecule has 14 heavy (non-hydrogen) atoms. The zero-order chi connectivity index (χ0) is 9.73. The Morgan fingerprint density at radius 2 is 2.00 bits per heavy atom. The maximum absolute atomic E-state index is 11.8. The summed E-state index contributed by atoms with van der Waals surface area (Å²) >= 11 is 0. The smallest absolute Gasteiger partial charge is 0.407 e. The molecule has 0 fully saturated rings. The largest absolute Gasteiger partial charge is 1.00 e. The average molecular weight is 303 g/mol. The Kier molecular flexibility index (Phi) is 5.89.